The molecule has 2 aromatic rings. The lowest BCUT2D eigenvalue weighted by molar-refractivity contribution is -0.0447. The maximum Gasteiger partial charge on any atom is 0.330 e. The molecule has 1 fully saturated rings. The van der Waals surface area contributed by atoms with Crippen molar-refractivity contribution in [2.24, 2.45) is 0 Å². The number of methoxy groups -OCH3 is 2. The van der Waals surface area contributed by atoms with Gasteiger partial charge < -0.3 is 18.9 Å². The Morgan fingerprint density at radius 2 is 1.49 bits per heavy atom. The Morgan fingerprint density at radius 1 is 0.914 bits per heavy atom. The van der Waals surface area contributed by atoms with Gasteiger partial charge in [-0.05, 0) is 19.9 Å². The minimum atomic E-state index is -1.19. The number of hydrogen-bond donors (Lipinski definition) is 2. The second kappa shape index (κ2) is 11.5. The number of alkyl halides is 1. The highest BCUT2D eigenvalue weighted by molar-refractivity contribution is 5.06. The maximum absolute atomic E-state index is 13.6. The van der Waals surface area contributed by atoms with Crippen molar-refractivity contribution in [1.82, 2.24) is 19.1 Å². The zero-order valence-electron chi connectivity index (χ0n) is 19.9. The van der Waals surface area contributed by atoms with Crippen LogP contribution >= 0.6 is 0 Å². The third-order valence-electron chi connectivity index (χ3n) is 5.50. The number of aromatic nitrogens is 4. The molecule has 2 aliphatic rings. The van der Waals surface area contributed by atoms with E-state index in [1.54, 1.807) is 27.0 Å². The lowest BCUT2D eigenvalue weighted by atomic mass is 10.2. The number of aryl methyl sites for hydroxylation is 2. The molecule has 12 nitrogen and oxygen atoms in total. The van der Waals surface area contributed by atoms with Crippen LogP contribution in [0.1, 0.15) is 30.0 Å². The molecule has 13 heteroatoms. The van der Waals surface area contributed by atoms with Gasteiger partial charge in [-0.3, -0.25) is 28.7 Å². The largest absolute Gasteiger partial charge is 0.382 e. The smallest absolute Gasteiger partial charge is 0.330 e. The zero-order chi connectivity index (χ0) is 25.7. The van der Waals surface area contributed by atoms with Crippen LogP contribution in [0.3, 0.4) is 0 Å². The summed E-state index contributed by atoms with van der Waals surface area (Å²) in [5, 5.41) is 0. The number of H-pyrrole nitrogens is 2. The van der Waals surface area contributed by atoms with Crippen LogP contribution in [0.2, 0.25) is 0 Å². The Hall–Kier alpha value is -3.13. The molecular weight excluding hydrogens is 466 g/mol. The molecule has 0 saturated carbocycles. The SMILES string of the molecule is COCC1C=CC(n2cc(C)c(=O)[nH]c2=O)O1.COCC1OC(n2cc(C)c(=O)[nH]c2=O)C[C@@H]1[18F]. The first kappa shape index (κ1) is 26.5. The number of aromatic amines is 2. The van der Waals surface area contributed by atoms with Crippen molar-refractivity contribution in [2.75, 3.05) is 27.4 Å². The molecule has 35 heavy (non-hydrogen) atoms. The van der Waals surface area contributed by atoms with E-state index in [0.29, 0.717) is 17.7 Å². The van der Waals surface area contributed by atoms with Crippen molar-refractivity contribution in [2.45, 2.75) is 51.1 Å². The van der Waals surface area contributed by atoms with Crippen LogP contribution in [-0.2, 0) is 18.9 Å². The van der Waals surface area contributed by atoms with Gasteiger partial charge in [0.2, 0.25) is 0 Å². The van der Waals surface area contributed by atoms with Crippen LogP contribution in [0, 0.1) is 13.8 Å². The first-order valence-corrected chi connectivity index (χ1v) is 10.9. The fourth-order valence-electron chi connectivity index (χ4n) is 3.66. The molecule has 2 N–H and O–H groups in total. The Kier molecular flexibility index (Phi) is 8.72. The molecule has 4 heterocycles. The summed E-state index contributed by atoms with van der Waals surface area (Å²) >= 11 is 0. The van der Waals surface area contributed by atoms with Gasteiger partial charge in [-0.2, -0.15) is 0 Å². The van der Waals surface area contributed by atoms with E-state index in [1.165, 1.54) is 28.6 Å². The molecule has 1 saturated heterocycles. The number of halogens is 1. The van der Waals surface area contributed by atoms with E-state index in [-0.39, 0.29) is 24.7 Å². The molecule has 0 spiro atoms. The zero-order valence-corrected chi connectivity index (χ0v) is 19.9. The van der Waals surface area contributed by atoms with E-state index in [4.69, 9.17) is 18.9 Å². The Morgan fingerprint density at radius 3 is 2.09 bits per heavy atom. The molecule has 4 unspecified atom stereocenters. The summed E-state index contributed by atoms with van der Waals surface area (Å²) in [6.07, 6.45) is 3.32. The molecular formula is C22H29FN4O8. The first-order chi connectivity index (χ1) is 16.6. The highest BCUT2D eigenvalue weighted by atomic mass is 18.2. The molecule has 2 aliphatic heterocycles. The molecule has 0 radical (unpaired) electrons. The fourth-order valence-corrected chi connectivity index (χ4v) is 3.66. The predicted octanol–water partition coefficient (Wildman–Crippen LogP) is 0.0620. The minimum absolute atomic E-state index is 0.0689. The van der Waals surface area contributed by atoms with Crippen molar-refractivity contribution < 1.29 is 23.3 Å². The van der Waals surface area contributed by atoms with E-state index in [9.17, 15) is 23.6 Å². The second-order valence-corrected chi connectivity index (χ2v) is 8.20. The van der Waals surface area contributed by atoms with Gasteiger partial charge in [0, 0.05) is 44.2 Å². The van der Waals surface area contributed by atoms with Crippen LogP contribution < -0.4 is 22.5 Å². The van der Waals surface area contributed by atoms with Gasteiger partial charge in [0.15, 0.2) is 6.23 Å². The number of ether oxygens (including phenoxy) is 4. The Bertz CT molecular complexity index is 1280. The average molecular weight is 495 g/mol. The second-order valence-electron chi connectivity index (χ2n) is 8.20. The van der Waals surface area contributed by atoms with Gasteiger partial charge in [0.25, 0.3) is 11.1 Å². The number of rotatable bonds is 6. The van der Waals surface area contributed by atoms with Crippen LogP contribution in [0.15, 0.2) is 43.7 Å². The van der Waals surface area contributed by atoms with Crippen molar-refractivity contribution in [3.05, 3.63) is 77.3 Å². The molecule has 0 bridgehead atoms. The molecule has 2 aromatic heterocycles. The molecule has 0 aromatic carbocycles. The highest BCUT2D eigenvalue weighted by Gasteiger charge is 2.36. The van der Waals surface area contributed by atoms with Gasteiger partial charge in [-0.25, -0.2) is 14.0 Å². The Balaban J connectivity index is 0.000000196. The fraction of sp³-hybridized carbons (Fsp3) is 0.545. The first-order valence-electron chi connectivity index (χ1n) is 10.9. The molecule has 0 aliphatic carbocycles. The van der Waals surface area contributed by atoms with E-state index >= 15 is 0 Å². The lowest BCUT2D eigenvalue weighted by Gasteiger charge is -2.15. The number of nitrogens with zero attached hydrogens (tertiary/aromatic N) is 2. The third-order valence-corrected chi connectivity index (χ3v) is 5.50. The minimum Gasteiger partial charge on any atom is -0.382 e. The summed E-state index contributed by atoms with van der Waals surface area (Å²) in [5.74, 6) is 0. The lowest BCUT2D eigenvalue weighted by Crippen LogP contribution is -2.33. The summed E-state index contributed by atoms with van der Waals surface area (Å²) in [6, 6.07) is 0. The summed E-state index contributed by atoms with van der Waals surface area (Å²) < 4.78 is 37.0. The monoisotopic (exact) mass is 495 g/mol. The van der Waals surface area contributed by atoms with Crippen LogP contribution in [0.4, 0.5) is 4.39 Å². The van der Waals surface area contributed by atoms with Crippen LogP contribution in [0.25, 0.3) is 0 Å². The number of hydrogen-bond acceptors (Lipinski definition) is 8. The summed E-state index contributed by atoms with van der Waals surface area (Å²) in [7, 11) is 3.04. The summed E-state index contributed by atoms with van der Waals surface area (Å²) in [4.78, 5) is 50.1. The van der Waals surface area contributed by atoms with Crippen LogP contribution in [0.5, 0.6) is 0 Å². The number of nitrogens with one attached hydrogen (secondary N) is 2. The van der Waals surface area contributed by atoms with Gasteiger partial charge in [-0.15, -0.1) is 0 Å². The molecule has 0 amide bonds. The van der Waals surface area contributed by atoms with Gasteiger partial charge in [-0.1, -0.05) is 6.08 Å². The molecule has 4 rings (SSSR count). The van der Waals surface area contributed by atoms with E-state index in [1.807, 2.05) is 6.08 Å². The van der Waals surface area contributed by atoms with E-state index in [2.05, 4.69) is 9.97 Å². The van der Waals surface area contributed by atoms with Crippen molar-refractivity contribution in [1.29, 1.82) is 0 Å². The molecule has 5 atom stereocenters. The maximum atomic E-state index is 13.6. The Labute approximate surface area is 198 Å². The van der Waals surface area contributed by atoms with Gasteiger partial charge in [0.05, 0.1) is 13.2 Å². The highest BCUT2D eigenvalue weighted by Crippen LogP contribution is 2.29. The van der Waals surface area contributed by atoms with E-state index < -0.39 is 41.7 Å². The third kappa shape index (κ3) is 6.31. The van der Waals surface area contributed by atoms with E-state index in [0.717, 1.165) is 0 Å². The van der Waals surface area contributed by atoms with Crippen molar-refractivity contribution in [3.8, 4) is 0 Å². The van der Waals surface area contributed by atoms with Crippen molar-refractivity contribution in [3.63, 3.8) is 0 Å². The van der Waals surface area contributed by atoms with Gasteiger partial charge >= 0.3 is 11.4 Å². The predicted molar refractivity (Wildman–Crippen MR) is 122 cm³/mol. The van der Waals surface area contributed by atoms with Crippen molar-refractivity contribution >= 4 is 0 Å². The standard InChI is InChI=1S/C11H15FN2O4.C11H14N2O4/c1-6-4-14(11(16)13-10(6)15)9-3-7(12)8(18-9)5-17-2;1-7-5-13(11(15)12-10(7)14)9-4-3-8(17-9)6-16-2/h4,7-9H,3,5H2,1-2H3,(H,13,15,16);3-5,8-9H,6H2,1-2H3,(H,12,14,15)/t7-,8?,9?;/m0./s1/i12-1;. The topological polar surface area (TPSA) is 147 Å². The quantitative estimate of drug-likeness (QED) is 0.535. The van der Waals surface area contributed by atoms with Gasteiger partial charge in [0.1, 0.15) is 24.6 Å². The average Bonchev–Trinajstić information content (AvgIpc) is 3.41. The summed E-state index contributed by atoms with van der Waals surface area (Å²) in [5.41, 5.74) is -1.05. The van der Waals surface area contributed by atoms with Crippen LogP contribution in [-0.4, -0.2) is 64.9 Å². The summed E-state index contributed by atoms with van der Waals surface area (Å²) in [6.45, 7) is 3.78. The normalized spacial score (nSPS) is 25.5. The molecule has 192 valence electrons.